The van der Waals surface area contributed by atoms with E-state index in [1.54, 1.807) is 0 Å². The maximum atomic E-state index is 3.18. The van der Waals surface area contributed by atoms with Gasteiger partial charge in [-0.25, -0.2) is 0 Å². The van der Waals surface area contributed by atoms with E-state index >= 15 is 0 Å². The third kappa shape index (κ3) is 5.85. The highest BCUT2D eigenvalue weighted by molar-refractivity contribution is 5.22. The SMILES string of the molecule is CCCc1ccc(CN(C)CCCNC)cc1. The quantitative estimate of drug-likeness (QED) is 0.696. The van der Waals surface area contributed by atoms with Crippen molar-refractivity contribution in [2.24, 2.45) is 0 Å². The molecule has 0 bridgehead atoms. The number of nitrogens with zero attached hydrogens (tertiary/aromatic N) is 1. The maximum Gasteiger partial charge on any atom is 0.0230 e. The predicted octanol–water partition coefficient (Wildman–Crippen LogP) is 2.68. The van der Waals surface area contributed by atoms with Gasteiger partial charge in [-0.3, -0.25) is 0 Å². The number of benzene rings is 1. The Morgan fingerprint density at radius 1 is 1.12 bits per heavy atom. The zero-order chi connectivity index (χ0) is 12.5. The predicted molar refractivity (Wildman–Crippen MR) is 75.3 cm³/mol. The third-order valence-corrected chi connectivity index (χ3v) is 2.98. The van der Waals surface area contributed by atoms with E-state index in [1.807, 2.05) is 7.05 Å². The van der Waals surface area contributed by atoms with Crippen LogP contribution in [0.25, 0.3) is 0 Å². The molecule has 0 aromatic heterocycles. The Bertz CT molecular complexity index is 292. The summed E-state index contributed by atoms with van der Waals surface area (Å²) in [7, 11) is 4.20. The van der Waals surface area contributed by atoms with Gasteiger partial charge in [0.15, 0.2) is 0 Å². The Kier molecular flexibility index (Phi) is 6.90. The molecular weight excluding hydrogens is 208 g/mol. The molecule has 0 radical (unpaired) electrons. The molecule has 17 heavy (non-hydrogen) atoms. The molecule has 1 N–H and O–H groups in total. The van der Waals surface area contributed by atoms with Crippen LogP contribution >= 0.6 is 0 Å². The first-order valence-corrected chi connectivity index (χ1v) is 6.67. The van der Waals surface area contributed by atoms with Crippen molar-refractivity contribution >= 4 is 0 Å². The highest BCUT2D eigenvalue weighted by Gasteiger charge is 2.00. The van der Waals surface area contributed by atoms with Gasteiger partial charge in [0.25, 0.3) is 0 Å². The molecular formula is C15H26N2. The number of hydrogen-bond donors (Lipinski definition) is 1. The Balaban J connectivity index is 2.34. The molecule has 0 fully saturated rings. The summed E-state index contributed by atoms with van der Waals surface area (Å²) in [5, 5.41) is 3.18. The molecule has 96 valence electrons. The minimum atomic E-state index is 1.05. The van der Waals surface area contributed by atoms with Crippen molar-refractivity contribution in [3.8, 4) is 0 Å². The summed E-state index contributed by atoms with van der Waals surface area (Å²) in [6.07, 6.45) is 3.63. The molecule has 0 saturated carbocycles. The average molecular weight is 234 g/mol. The highest BCUT2D eigenvalue weighted by Crippen LogP contribution is 2.08. The van der Waals surface area contributed by atoms with Crippen molar-refractivity contribution in [2.75, 3.05) is 27.2 Å². The van der Waals surface area contributed by atoms with Gasteiger partial charge in [0.2, 0.25) is 0 Å². The van der Waals surface area contributed by atoms with Gasteiger partial charge in [-0.05, 0) is 51.2 Å². The number of rotatable bonds is 8. The van der Waals surface area contributed by atoms with Crippen LogP contribution in [0.2, 0.25) is 0 Å². The number of aryl methyl sites for hydroxylation is 1. The summed E-state index contributed by atoms with van der Waals surface area (Å²) in [6, 6.07) is 9.06. The molecule has 1 aromatic rings. The molecule has 1 rings (SSSR count). The minimum absolute atomic E-state index is 1.05. The van der Waals surface area contributed by atoms with E-state index < -0.39 is 0 Å². The van der Waals surface area contributed by atoms with E-state index in [0.717, 1.165) is 19.6 Å². The van der Waals surface area contributed by atoms with Crippen LogP contribution in [0.4, 0.5) is 0 Å². The first kappa shape index (κ1) is 14.2. The van der Waals surface area contributed by atoms with Crippen LogP contribution in [0.5, 0.6) is 0 Å². The Labute approximate surface area is 106 Å². The molecule has 0 amide bonds. The molecule has 1 aromatic carbocycles. The smallest absolute Gasteiger partial charge is 0.0230 e. The molecule has 0 saturated heterocycles. The second-order valence-electron chi connectivity index (χ2n) is 4.76. The van der Waals surface area contributed by atoms with E-state index in [1.165, 1.54) is 30.4 Å². The van der Waals surface area contributed by atoms with Crippen molar-refractivity contribution in [1.29, 1.82) is 0 Å². The Morgan fingerprint density at radius 2 is 1.76 bits per heavy atom. The van der Waals surface area contributed by atoms with Gasteiger partial charge in [0, 0.05) is 6.54 Å². The van der Waals surface area contributed by atoms with Crippen LogP contribution in [0.15, 0.2) is 24.3 Å². The van der Waals surface area contributed by atoms with Gasteiger partial charge in [0.1, 0.15) is 0 Å². The summed E-state index contributed by atoms with van der Waals surface area (Å²) in [6.45, 7) is 5.52. The lowest BCUT2D eigenvalue weighted by atomic mass is 10.1. The zero-order valence-corrected chi connectivity index (χ0v) is 11.5. The first-order valence-electron chi connectivity index (χ1n) is 6.67. The number of nitrogens with one attached hydrogen (secondary N) is 1. The third-order valence-electron chi connectivity index (χ3n) is 2.98. The van der Waals surface area contributed by atoms with Crippen LogP contribution in [-0.2, 0) is 13.0 Å². The molecule has 0 unspecified atom stereocenters. The van der Waals surface area contributed by atoms with Gasteiger partial charge < -0.3 is 10.2 Å². The minimum Gasteiger partial charge on any atom is -0.320 e. The molecule has 0 atom stereocenters. The molecule has 2 nitrogen and oxygen atoms in total. The normalized spacial score (nSPS) is 11.1. The second-order valence-corrected chi connectivity index (χ2v) is 4.76. The van der Waals surface area contributed by atoms with Crippen LogP contribution in [0, 0.1) is 0 Å². The highest BCUT2D eigenvalue weighted by atomic mass is 15.1. The summed E-state index contributed by atoms with van der Waals surface area (Å²) >= 11 is 0. The van der Waals surface area contributed by atoms with Crippen molar-refractivity contribution in [2.45, 2.75) is 32.7 Å². The van der Waals surface area contributed by atoms with Gasteiger partial charge in [0.05, 0.1) is 0 Å². The molecule has 0 spiro atoms. The lowest BCUT2D eigenvalue weighted by Gasteiger charge is -2.16. The second kappa shape index (κ2) is 8.26. The van der Waals surface area contributed by atoms with E-state index in [0.29, 0.717) is 0 Å². The Morgan fingerprint density at radius 3 is 2.35 bits per heavy atom. The van der Waals surface area contributed by atoms with Crippen LogP contribution in [0.1, 0.15) is 30.9 Å². The van der Waals surface area contributed by atoms with Gasteiger partial charge >= 0.3 is 0 Å². The first-order chi connectivity index (χ1) is 8.26. The fourth-order valence-corrected chi connectivity index (χ4v) is 2.02. The summed E-state index contributed by atoms with van der Waals surface area (Å²) in [4.78, 5) is 2.38. The Hall–Kier alpha value is -0.860. The van der Waals surface area contributed by atoms with Crippen LogP contribution in [-0.4, -0.2) is 32.1 Å². The van der Waals surface area contributed by atoms with Crippen molar-refractivity contribution in [3.05, 3.63) is 35.4 Å². The van der Waals surface area contributed by atoms with Gasteiger partial charge in [-0.15, -0.1) is 0 Å². The molecule has 0 aliphatic carbocycles. The summed E-state index contributed by atoms with van der Waals surface area (Å²) in [5.41, 5.74) is 2.87. The lowest BCUT2D eigenvalue weighted by Crippen LogP contribution is -2.22. The van der Waals surface area contributed by atoms with E-state index in [2.05, 4.69) is 48.5 Å². The molecule has 0 heterocycles. The van der Waals surface area contributed by atoms with E-state index in [4.69, 9.17) is 0 Å². The van der Waals surface area contributed by atoms with Gasteiger partial charge in [-0.2, -0.15) is 0 Å². The fourth-order valence-electron chi connectivity index (χ4n) is 2.02. The van der Waals surface area contributed by atoms with Crippen molar-refractivity contribution in [1.82, 2.24) is 10.2 Å². The van der Waals surface area contributed by atoms with E-state index in [-0.39, 0.29) is 0 Å². The molecule has 0 aliphatic rings. The summed E-state index contributed by atoms with van der Waals surface area (Å²) < 4.78 is 0. The van der Waals surface area contributed by atoms with Crippen molar-refractivity contribution in [3.63, 3.8) is 0 Å². The monoisotopic (exact) mass is 234 g/mol. The fraction of sp³-hybridized carbons (Fsp3) is 0.600. The maximum absolute atomic E-state index is 3.18. The molecule has 2 heteroatoms. The average Bonchev–Trinajstić information content (AvgIpc) is 2.32. The standard InChI is InChI=1S/C15H26N2/c1-4-6-14-7-9-15(10-8-14)13-17(3)12-5-11-16-2/h7-10,16H,4-6,11-13H2,1-3H3. The summed E-state index contributed by atoms with van der Waals surface area (Å²) in [5.74, 6) is 0. The lowest BCUT2D eigenvalue weighted by molar-refractivity contribution is 0.321. The van der Waals surface area contributed by atoms with E-state index in [9.17, 15) is 0 Å². The van der Waals surface area contributed by atoms with Crippen LogP contribution < -0.4 is 5.32 Å². The molecule has 0 aliphatic heterocycles. The van der Waals surface area contributed by atoms with Crippen LogP contribution in [0.3, 0.4) is 0 Å². The number of hydrogen-bond acceptors (Lipinski definition) is 2. The zero-order valence-electron chi connectivity index (χ0n) is 11.5. The topological polar surface area (TPSA) is 15.3 Å². The van der Waals surface area contributed by atoms with Crippen molar-refractivity contribution < 1.29 is 0 Å². The largest absolute Gasteiger partial charge is 0.320 e. The van der Waals surface area contributed by atoms with Gasteiger partial charge in [-0.1, -0.05) is 37.6 Å².